The maximum atomic E-state index is 12.5. The van der Waals surface area contributed by atoms with E-state index in [-0.39, 0.29) is 11.8 Å². The van der Waals surface area contributed by atoms with Gasteiger partial charge < -0.3 is 16.0 Å². The molecule has 0 aliphatic carbocycles. The van der Waals surface area contributed by atoms with Crippen molar-refractivity contribution >= 4 is 34.8 Å². The first-order valence-corrected chi connectivity index (χ1v) is 13.0. The normalized spacial score (nSPS) is 14.1. The Morgan fingerprint density at radius 3 is 2.25 bits per heavy atom. The molecule has 1 heterocycles. The van der Waals surface area contributed by atoms with Crippen molar-refractivity contribution in [2.75, 3.05) is 5.32 Å². The zero-order valence-corrected chi connectivity index (χ0v) is 23.1. The number of anilines is 1. The third-order valence-corrected chi connectivity index (χ3v) is 6.54. The van der Waals surface area contributed by atoms with Crippen molar-refractivity contribution < 1.29 is 9.59 Å². The summed E-state index contributed by atoms with van der Waals surface area (Å²) in [7, 11) is 0. The summed E-state index contributed by atoms with van der Waals surface area (Å²) in [5.41, 5.74) is 5.49. The summed E-state index contributed by atoms with van der Waals surface area (Å²) in [5, 5.41) is 11.1. The van der Waals surface area contributed by atoms with E-state index in [4.69, 9.17) is 22.4 Å². The number of aliphatic imine (C=N–C) groups is 1. The standard InChI is InChI=1S/C31H31ClN6O2/c1-4-20(2)30-37-28(26-7-5-6-8-27(26)32)17-29(38(30)33)34-18-22-9-11-23(12-10-22)19-35-31(40)24-13-15-25(16-14-24)36-21(3)39/h4-17,34H,1,18-19,33H2,2-3H3,(H,35,40)(H,36,39)/b30-20-. The van der Waals surface area contributed by atoms with E-state index < -0.39 is 0 Å². The highest BCUT2D eigenvalue weighted by Gasteiger charge is 2.21. The average molecular weight is 555 g/mol. The summed E-state index contributed by atoms with van der Waals surface area (Å²) in [5.74, 6) is 7.30. The number of hydrazine groups is 1. The Balaban J connectivity index is 1.39. The number of halogens is 1. The largest absolute Gasteiger partial charge is 0.366 e. The number of nitrogens with two attached hydrogens (primary N) is 1. The summed E-state index contributed by atoms with van der Waals surface area (Å²) in [4.78, 5) is 28.4. The van der Waals surface area contributed by atoms with Gasteiger partial charge in [-0.15, -0.1) is 0 Å². The summed E-state index contributed by atoms with van der Waals surface area (Å²) in [6.07, 6.45) is 3.58. The van der Waals surface area contributed by atoms with Crippen LogP contribution in [-0.2, 0) is 17.9 Å². The molecule has 1 aliphatic rings. The lowest BCUT2D eigenvalue weighted by atomic mass is 10.1. The molecule has 0 fully saturated rings. The third-order valence-electron chi connectivity index (χ3n) is 6.21. The molecule has 0 unspecified atom stereocenters. The number of hydrogen-bond acceptors (Lipinski definition) is 6. The number of carbonyl (C=O) groups excluding carboxylic acids is 2. The average Bonchev–Trinajstić information content (AvgIpc) is 2.96. The van der Waals surface area contributed by atoms with Crippen LogP contribution in [0.2, 0.25) is 5.02 Å². The Morgan fingerprint density at radius 1 is 0.975 bits per heavy atom. The number of benzene rings is 3. The van der Waals surface area contributed by atoms with E-state index in [0.717, 1.165) is 22.3 Å². The van der Waals surface area contributed by atoms with Crippen LogP contribution >= 0.6 is 11.6 Å². The van der Waals surface area contributed by atoms with Gasteiger partial charge in [-0.1, -0.05) is 66.7 Å². The Hall–Kier alpha value is -4.66. The lowest BCUT2D eigenvalue weighted by molar-refractivity contribution is -0.114. The minimum absolute atomic E-state index is 0.160. The fourth-order valence-electron chi connectivity index (χ4n) is 3.99. The van der Waals surface area contributed by atoms with Gasteiger partial charge in [0.25, 0.3) is 5.91 Å². The lowest BCUT2D eigenvalue weighted by Gasteiger charge is -2.28. The van der Waals surface area contributed by atoms with Crippen molar-refractivity contribution in [3.8, 4) is 0 Å². The molecule has 40 heavy (non-hydrogen) atoms. The van der Waals surface area contributed by atoms with Crippen molar-refractivity contribution in [3.63, 3.8) is 0 Å². The van der Waals surface area contributed by atoms with Crippen LogP contribution in [0.4, 0.5) is 5.69 Å². The van der Waals surface area contributed by atoms with E-state index in [1.54, 1.807) is 30.3 Å². The quantitative estimate of drug-likeness (QED) is 0.270. The summed E-state index contributed by atoms with van der Waals surface area (Å²) >= 11 is 6.44. The molecule has 8 nitrogen and oxygen atoms in total. The van der Waals surface area contributed by atoms with Gasteiger partial charge in [-0.2, -0.15) is 0 Å². The van der Waals surface area contributed by atoms with Crippen LogP contribution in [0.25, 0.3) is 0 Å². The SMILES string of the molecule is C=C/C(C)=C1/N=C(c2ccccc2Cl)C=C(NCc2ccc(CNC(=O)c3ccc(NC(C)=O)cc3)cc2)N1N. The molecule has 9 heteroatoms. The molecule has 1 aliphatic heterocycles. The van der Waals surface area contributed by atoms with Gasteiger partial charge in [-0.3, -0.25) is 9.59 Å². The molecule has 0 atom stereocenters. The van der Waals surface area contributed by atoms with Crippen LogP contribution in [-0.4, -0.2) is 22.5 Å². The highest BCUT2D eigenvalue weighted by atomic mass is 35.5. The van der Waals surface area contributed by atoms with Crippen molar-refractivity contribution in [2.45, 2.75) is 26.9 Å². The highest BCUT2D eigenvalue weighted by molar-refractivity contribution is 6.35. The Kier molecular flexibility index (Phi) is 9.16. The number of amides is 2. The third kappa shape index (κ3) is 7.05. The van der Waals surface area contributed by atoms with E-state index in [9.17, 15) is 9.59 Å². The first kappa shape index (κ1) is 28.4. The number of nitrogens with one attached hydrogen (secondary N) is 3. The number of rotatable bonds is 9. The van der Waals surface area contributed by atoms with E-state index in [0.29, 0.717) is 46.7 Å². The number of nitrogens with zero attached hydrogens (tertiary/aromatic N) is 2. The summed E-state index contributed by atoms with van der Waals surface area (Å²) in [6.45, 7) is 8.09. The monoisotopic (exact) mass is 554 g/mol. The van der Waals surface area contributed by atoms with Crippen molar-refractivity contribution in [3.05, 3.63) is 136 Å². The molecule has 0 spiro atoms. The maximum absolute atomic E-state index is 12.5. The van der Waals surface area contributed by atoms with Gasteiger partial charge >= 0.3 is 0 Å². The molecule has 0 saturated heterocycles. The molecule has 5 N–H and O–H groups in total. The van der Waals surface area contributed by atoms with Crippen LogP contribution in [0.5, 0.6) is 0 Å². The lowest BCUT2D eigenvalue weighted by Crippen LogP contribution is -2.39. The van der Waals surface area contributed by atoms with E-state index in [1.807, 2.05) is 61.5 Å². The molecule has 0 aromatic heterocycles. The predicted molar refractivity (Wildman–Crippen MR) is 160 cm³/mol. The van der Waals surface area contributed by atoms with Crippen molar-refractivity contribution in [1.82, 2.24) is 15.6 Å². The van der Waals surface area contributed by atoms with Crippen molar-refractivity contribution in [2.24, 2.45) is 10.8 Å². The Labute approximate surface area is 238 Å². The smallest absolute Gasteiger partial charge is 0.251 e. The van der Waals surface area contributed by atoms with E-state index >= 15 is 0 Å². The fourth-order valence-corrected chi connectivity index (χ4v) is 4.22. The number of carbonyl (C=O) groups is 2. The number of hydrogen-bond donors (Lipinski definition) is 4. The van der Waals surface area contributed by atoms with Gasteiger partial charge in [-0.05, 0) is 54.0 Å². The minimum atomic E-state index is -0.193. The highest BCUT2D eigenvalue weighted by Crippen LogP contribution is 2.25. The fraction of sp³-hybridized carbons (Fsp3) is 0.129. The van der Waals surface area contributed by atoms with Crippen LogP contribution in [0.1, 0.15) is 40.9 Å². The molecule has 4 rings (SSSR count). The summed E-state index contributed by atoms with van der Waals surface area (Å²) < 4.78 is 0. The first-order chi connectivity index (χ1) is 19.2. The van der Waals surface area contributed by atoms with Crippen molar-refractivity contribution in [1.29, 1.82) is 0 Å². The molecule has 2 amide bonds. The Morgan fingerprint density at radius 2 is 1.62 bits per heavy atom. The zero-order valence-electron chi connectivity index (χ0n) is 22.4. The van der Waals surface area contributed by atoms with Crippen LogP contribution in [0.15, 0.2) is 114 Å². The van der Waals surface area contributed by atoms with Gasteiger partial charge in [-0.25, -0.2) is 15.8 Å². The second kappa shape index (κ2) is 12.9. The minimum Gasteiger partial charge on any atom is -0.366 e. The molecule has 204 valence electrons. The topological polar surface area (TPSA) is 112 Å². The number of allylic oxidation sites excluding steroid dienone is 3. The zero-order chi connectivity index (χ0) is 28.6. The van der Waals surface area contributed by atoms with Gasteiger partial charge in [0.2, 0.25) is 5.91 Å². The van der Waals surface area contributed by atoms with E-state index in [2.05, 4.69) is 22.5 Å². The molecular weight excluding hydrogens is 524 g/mol. The van der Waals surface area contributed by atoms with Gasteiger partial charge in [0.05, 0.1) is 5.71 Å². The van der Waals surface area contributed by atoms with Gasteiger partial charge in [0.15, 0.2) is 5.82 Å². The molecule has 0 saturated carbocycles. The van der Waals surface area contributed by atoms with Gasteiger partial charge in [0.1, 0.15) is 5.82 Å². The van der Waals surface area contributed by atoms with Crippen LogP contribution in [0.3, 0.4) is 0 Å². The first-order valence-electron chi connectivity index (χ1n) is 12.7. The van der Waals surface area contributed by atoms with Gasteiger partial charge in [0, 0.05) is 47.9 Å². The molecule has 3 aromatic carbocycles. The summed E-state index contributed by atoms with van der Waals surface area (Å²) in [6, 6.07) is 22.2. The maximum Gasteiger partial charge on any atom is 0.251 e. The second-order valence-electron chi connectivity index (χ2n) is 9.20. The molecular formula is C31H31ClN6O2. The molecule has 0 bridgehead atoms. The van der Waals surface area contributed by atoms with Crippen LogP contribution in [0, 0.1) is 0 Å². The Bertz CT molecular complexity index is 1510. The molecule has 3 aromatic rings. The second-order valence-corrected chi connectivity index (χ2v) is 9.61. The van der Waals surface area contributed by atoms with E-state index in [1.165, 1.54) is 11.9 Å². The molecule has 0 radical (unpaired) electrons. The van der Waals surface area contributed by atoms with Crippen LogP contribution < -0.4 is 21.8 Å². The predicted octanol–water partition coefficient (Wildman–Crippen LogP) is 5.26.